The lowest BCUT2D eigenvalue weighted by molar-refractivity contribution is 0.0847. The van der Waals surface area contributed by atoms with Crippen molar-refractivity contribution in [1.82, 2.24) is 10.2 Å². The number of halogens is 1. The number of nitrogens with zero attached hydrogens (tertiary/aromatic N) is 1. The van der Waals surface area contributed by atoms with E-state index in [1.807, 2.05) is 0 Å². The minimum absolute atomic E-state index is 0.523. The molecule has 1 aromatic rings. The first-order valence-electron chi connectivity index (χ1n) is 6.97. The van der Waals surface area contributed by atoms with Gasteiger partial charge in [0.05, 0.1) is 0 Å². The third kappa shape index (κ3) is 2.36. The summed E-state index contributed by atoms with van der Waals surface area (Å²) in [7, 11) is 0. The zero-order chi connectivity index (χ0) is 12.5. The predicted molar refractivity (Wildman–Crippen MR) is 78.6 cm³/mol. The second-order valence-electron chi connectivity index (χ2n) is 5.60. The van der Waals surface area contributed by atoms with E-state index in [0.29, 0.717) is 6.04 Å². The fourth-order valence-corrected chi connectivity index (χ4v) is 3.96. The number of fused-ring (bicyclic) bond motifs is 1. The molecule has 0 saturated carbocycles. The second kappa shape index (κ2) is 5.32. The van der Waals surface area contributed by atoms with Crippen LogP contribution in [0.25, 0.3) is 0 Å². The fraction of sp³-hybridized carbons (Fsp3) is 0.600. The first kappa shape index (κ1) is 12.6. The van der Waals surface area contributed by atoms with Crippen molar-refractivity contribution in [2.45, 2.75) is 31.8 Å². The van der Waals surface area contributed by atoms with E-state index in [4.69, 9.17) is 0 Å². The lowest BCUT2D eigenvalue weighted by atomic mass is 9.90. The molecule has 0 spiro atoms. The first-order valence-corrected chi connectivity index (χ1v) is 7.77. The number of hydrogen-bond donors (Lipinski definition) is 1. The van der Waals surface area contributed by atoms with Crippen molar-refractivity contribution < 1.29 is 0 Å². The lowest BCUT2D eigenvalue weighted by Crippen LogP contribution is -2.46. The molecule has 18 heavy (non-hydrogen) atoms. The number of nitrogens with one attached hydrogen (secondary N) is 1. The zero-order valence-electron chi connectivity index (χ0n) is 10.9. The molecule has 1 aromatic carbocycles. The van der Waals surface area contributed by atoms with Gasteiger partial charge in [0.2, 0.25) is 0 Å². The number of likely N-dealkylation sites (tertiary alicyclic amines) is 1. The molecule has 3 atom stereocenters. The number of rotatable bonds is 2. The molecule has 3 rings (SSSR count). The first-order chi connectivity index (χ1) is 8.75. The molecule has 2 aliphatic heterocycles. The molecule has 3 heteroatoms. The van der Waals surface area contributed by atoms with Crippen LogP contribution in [-0.4, -0.2) is 30.6 Å². The molecule has 98 valence electrons. The molecule has 0 amide bonds. The Bertz CT molecular complexity index is 421. The van der Waals surface area contributed by atoms with Crippen molar-refractivity contribution in [1.29, 1.82) is 0 Å². The van der Waals surface area contributed by atoms with E-state index in [0.717, 1.165) is 12.0 Å². The minimum atomic E-state index is 0.523. The van der Waals surface area contributed by atoms with Gasteiger partial charge in [0.1, 0.15) is 0 Å². The van der Waals surface area contributed by atoms with E-state index in [1.165, 1.54) is 42.5 Å². The normalized spacial score (nSPS) is 30.1. The maximum Gasteiger partial charge on any atom is 0.0323 e. The summed E-state index contributed by atoms with van der Waals surface area (Å²) in [6.45, 7) is 5.98. The summed E-state index contributed by atoms with van der Waals surface area (Å²) in [6.07, 6.45) is 2.75. The Morgan fingerprint density at radius 2 is 2.28 bits per heavy atom. The van der Waals surface area contributed by atoms with Crippen LogP contribution in [0, 0.1) is 5.92 Å². The van der Waals surface area contributed by atoms with Crippen LogP contribution >= 0.6 is 15.9 Å². The summed E-state index contributed by atoms with van der Waals surface area (Å²) >= 11 is 3.58. The van der Waals surface area contributed by atoms with Crippen LogP contribution in [0.3, 0.4) is 0 Å². The molecule has 0 radical (unpaired) electrons. The Balaban J connectivity index is 1.80. The standard InChI is InChI=1S/C15H21BrN2/c1-11(12-4-2-6-14(16)8-12)18-7-3-5-13-9-17-10-15(13)18/h2,4,6,8,11,13,15,17H,3,5,7,9-10H2,1H3. The third-order valence-electron chi connectivity index (χ3n) is 4.55. The number of piperidine rings is 1. The fourth-order valence-electron chi connectivity index (χ4n) is 3.54. The van der Waals surface area contributed by atoms with Crippen LogP contribution in [0.2, 0.25) is 0 Å². The van der Waals surface area contributed by atoms with Crippen LogP contribution < -0.4 is 5.32 Å². The summed E-state index contributed by atoms with van der Waals surface area (Å²) in [4.78, 5) is 2.70. The summed E-state index contributed by atoms with van der Waals surface area (Å²) in [6, 6.07) is 10.0. The van der Waals surface area contributed by atoms with E-state index >= 15 is 0 Å². The Labute approximate surface area is 118 Å². The van der Waals surface area contributed by atoms with E-state index in [9.17, 15) is 0 Å². The molecule has 0 aliphatic carbocycles. The van der Waals surface area contributed by atoms with E-state index in [1.54, 1.807) is 0 Å². The Hall–Kier alpha value is -0.380. The Morgan fingerprint density at radius 3 is 3.11 bits per heavy atom. The quantitative estimate of drug-likeness (QED) is 0.902. The summed E-state index contributed by atoms with van der Waals surface area (Å²) in [5.41, 5.74) is 1.43. The maximum atomic E-state index is 3.58. The topological polar surface area (TPSA) is 15.3 Å². The highest BCUT2D eigenvalue weighted by atomic mass is 79.9. The third-order valence-corrected chi connectivity index (χ3v) is 5.04. The maximum absolute atomic E-state index is 3.58. The zero-order valence-corrected chi connectivity index (χ0v) is 12.5. The summed E-state index contributed by atoms with van der Waals surface area (Å²) in [5, 5.41) is 3.56. The van der Waals surface area contributed by atoms with E-state index in [-0.39, 0.29) is 0 Å². The van der Waals surface area contributed by atoms with Crippen molar-refractivity contribution in [3.8, 4) is 0 Å². The van der Waals surface area contributed by atoms with Crippen LogP contribution in [0.4, 0.5) is 0 Å². The smallest absolute Gasteiger partial charge is 0.0323 e. The molecule has 2 saturated heterocycles. The second-order valence-corrected chi connectivity index (χ2v) is 6.51. The molecular weight excluding hydrogens is 288 g/mol. The van der Waals surface area contributed by atoms with Gasteiger partial charge in [0.25, 0.3) is 0 Å². The van der Waals surface area contributed by atoms with Gasteiger partial charge in [-0.1, -0.05) is 28.1 Å². The van der Waals surface area contributed by atoms with Crippen LogP contribution in [-0.2, 0) is 0 Å². The van der Waals surface area contributed by atoms with Crippen molar-refractivity contribution >= 4 is 15.9 Å². The van der Waals surface area contributed by atoms with Gasteiger partial charge in [-0.2, -0.15) is 0 Å². The number of benzene rings is 1. The molecule has 0 aromatic heterocycles. The van der Waals surface area contributed by atoms with Gasteiger partial charge in [-0.25, -0.2) is 0 Å². The SMILES string of the molecule is CC(c1cccc(Br)c1)N1CCCC2CNCC21. The van der Waals surface area contributed by atoms with Gasteiger partial charge >= 0.3 is 0 Å². The highest BCUT2D eigenvalue weighted by molar-refractivity contribution is 9.10. The van der Waals surface area contributed by atoms with Crippen molar-refractivity contribution in [3.63, 3.8) is 0 Å². The van der Waals surface area contributed by atoms with E-state index in [2.05, 4.69) is 57.3 Å². The minimum Gasteiger partial charge on any atom is -0.315 e. The van der Waals surface area contributed by atoms with Gasteiger partial charge in [0, 0.05) is 23.1 Å². The van der Waals surface area contributed by atoms with Crippen molar-refractivity contribution in [2.75, 3.05) is 19.6 Å². The molecule has 0 bridgehead atoms. The van der Waals surface area contributed by atoms with Crippen LogP contribution in [0.1, 0.15) is 31.4 Å². The van der Waals surface area contributed by atoms with Gasteiger partial charge in [-0.15, -0.1) is 0 Å². The van der Waals surface area contributed by atoms with Crippen molar-refractivity contribution in [2.24, 2.45) is 5.92 Å². The molecule has 1 N–H and O–H groups in total. The Morgan fingerprint density at radius 1 is 1.39 bits per heavy atom. The molecule has 2 heterocycles. The highest BCUT2D eigenvalue weighted by Crippen LogP contribution is 2.33. The Kier molecular flexibility index (Phi) is 3.73. The van der Waals surface area contributed by atoms with Crippen LogP contribution in [0.15, 0.2) is 28.7 Å². The molecule has 3 unspecified atom stereocenters. The molecule has 2 aliphatic rings. The number of hydrogen-bond acceptors (Lipinski definition) is 2. The largest absolute Gasteiger partial charge is 0.315 e. The van der Waals surface area contributed by atoms with Gasteiger partial charge in [-0.3, -0.25) is 4.90 Å². The predicted octanol–water partition coefficient (Wildman–Crippen LogP) is 3.19. The average Bonchev–Trinajstić information content (AvgIpc) is 2.86. The van der Waals surface area contributed by atoms with Crippen LogP contribution in [0.5, 0.6) is 0 Å². The molecule has 2 nitrogen and oxygen atoms in total. The van der Waals surface area contributed by atoms with Gasteiger partial charge in [0.15, 0.2) is 0 Å². The van der Waals surface area contributed by atoms with E-state index < -0.39 is 0 Å². The monoisotopic (exact) mass is 308 g/mol. The lowest BCUT2D eigenvalue weighted by Gasteiger charge is -2.41. The summed E-state index contributed by atoms with van der Waals surface area (Å²) in [5.74, 6) is 0.869. The average molecular weight is 309 g/mol. The van der Waals surface area contributed by atoms with Crippen molar-refractivity contribution in [3.05, 3.63) is 34.3 Å². The highest BCUT2D eigenvalue weighted by Gasteiger charge is 2.37. The van der Waals surface area contributed by atoms with Gasteiger partial charge < -0.3 is 5.32 Å². The molecular formula is C15H21BrN2. The molecule has 2 fully saturated rings. The van der Waals surface area contributed by atoms with Gasteiger partial charge in [-0.05, 0) is 56.5 Å². The summed E-state index contributed by atoms with van der Waals surface area (Å²) < 4.78 is 1.19.